The van der Waals surface area contributed by atoms with Gasteiger partial charge in [-0.05, 0) is 24.0 Å². The fraction of sp³-hybridized carbons (Fsp3) is 0.273. The van der Waals surface area contributed by atoms with E-state index in [1.165, 1.54) is 6.07 Å². The van der Waals surface area contributed by atoms with E-state index in [1.807, 2.05) is 0 Å². The summed E-state index contributed by atoms with van der Waals surface area (Å²) in [5.41, 5.74) is 10.8. The third-order valence-corrected chi connectivity index (χ3v) is 2.65. The lowest BCUT2D eigenvalue weighted by atomic mass is 10.1. The van der Waals surface area contributed by atoms with Crippen LogP contribution >= 0.6 is 0 Å². The molecule has 0 aromatic heterocycles. The van der Waals surface area contributed by atoms with Gasteiger partial charge in [0.1, 0.15) is 5.82 Å². The van der Waals surface area contributed by atoms with Crippen molar-refractivity contribution in [1.82, 2.24) is 0 Å². The van der Waals surface area contributed by atoms with E-state index in [4.69, 9.17) is 11.5 Å². The highest BCUT2D eigenvalue weighted by Gasteiger charge is 2.45. The highest BCUT2D eigenvalue weighted by molar-refractivity contribution is 5.94. The van der Waals surface area contributed by atoms with E-state index in [1.54, 1.807) is 18.2 Å². The number of carbonyl (C=O) groups excluding carboxylic acids is 1. The minimum Gasteiger partial charge on any atom is -0.370 e. The van der Waals surface area contributed by atoms with Crippen molar-refractivity contribution in [2.24, 2.45) is 22.4 Å². The van der Waals surface area contributed by atoms with Crippen molar-refractivity contribution in [2.75, 3.05) is 0 Å². The molecule has 1 aliphatic carbocycles. The van der Waals surface area contributed by atoms with Gasteiger partial charge in [-0.3, -0.25) is 4.79 Å². The molecule has 1 amide bonds. The van der Waals surface area contributed by atoms with Gasteiger partial charge in [-0.1, -0.05) is 18.2 Å². The topological polar surface area (TPSA) is 81.5 Å². The molecule has 1 aromatic carbocycles. The molecule has 1 saturated carbocycles. The fourth-order valence-corrected chi connectivity index (χ4v) is 1.80. The van der Waals surface area contributed by atoms with Crippen molar-refractivity contribution in [3.63, 3.8) is 0 Å². The second-order valence-corrected chi connectivity index (χ2v) is 3.85. The van der Waals surface area contributed by atoms with E-state index >= 15 is 0 Å². The Morgan fingerprint density at radius 2 is 2.06 bits per heavy atom. The van der Waals surface area contributed by atoms with E-state index in [9.17, 15) is 9.18 Å². The van der Waals surface area contributed by atoms with Crippen LogP contribution in [0.2, 0.25) is 0 Å². The summed E-state index contributed by atoms with van der Waals surface area (Å²) in [6.07, 6.45) is 0.608. The second-order valence-electron chi connectivity index (χ2n) is 3.85. The molecule has 2 atom stereocenters. The summed E-state index contributed by atoms with van der Waals surface area (Å²) >= 11 is 0. The van der Waals surface area contributed by atoms with E-state index < -0.39 is 0 Å². The molecule has 84 valence electrons. The van der Waals surface area contributed by atoms with Crippen LogP contribution in [-0.4, -0.2) is 11.9 Å². The molecule has 0 aliphatic heterocycles. The van der Waals surface area contributed by atoms with Gasteiger partial charge in [0.2, 0.25) is 0 Å². The van der Waals surface area contributed by atoms with Gasteiger partial charge in [0, 0.05) is 5.92 Å². The van der Waals surface area contributed by atoms with Crippen molar-refractivity contribution >= 4 is 11.9 Å². The Kier molecular flexibility index (Phi) is 2.60. The van der Waals surface area contributed by atoms with Crippen LogP contribution in [0.4, 0.5) is 4.39 Å². The number of nitrogens with zero attached hydrogens (tertiary/aromatic N) is 1. The van der Waals surface area contributed by atoms with Crippen molar-refractivity contribution in [2.45, 2.75) is 12.3 Å². The number of guanidine groups is 1. The number of amides is 1. The molecule has 1 fully saturated rings. The first kappa shape index (κ1) is 10.6. The summed E-state index contributed by atoms with van der Waals surface area (Å²) in [5, 5.41) is 0. The molecule has 0 heterocycles. The van der Waals surface area contributed by atoms with Crippen LogP contribution in [0.15, 0.2) is 29.3 Å². The van der Waals surface area contributed by atoms with Gasteiger partial charge in [-0.25, -0.2) is 4.39 Å². The van der Waals surface area contributed by atoms with Crippen LogP contribution < -0.4 is 11.5 Å². The van der Waals surface area contributed by atoms with Crippen LogP contribution in [0.25, 0.3) is 0 Å². The lowest BCUT2D eigenvalue weighted by molar-refractivity contribution is -0.119. The Morgan fingerprint density at radius 1 is 1.38 bits per heavy atom. The lowest BCUT2D eigenvalue weighted by Gasteiger charge is -2.00. The third kappa shape index (κ3) is 2.03. The largest absolute Gasteiger partial charge is 0.370 e. The maximum Gasteiger partial charge on any atom is 0.252 e. The van der Waals surface area contributed by atoms with Gasteiger partial charge < -0.3 is 11.5 Å². The third-order valence-electron chi connectivity index (χ3n) is 2.65. The van der Waals surface area contributed by atoms with Crippen LogP contribution in [0.1, 0.15) is 17.9 Å². The molecule has 5 heteroatoms. The number of hydrogen-bond donors (Lipinski definition) is 2. The fourth-order valence-electron chi connectivity index (χ4n) is 1.80. The van der Waals surface area contributed by atoms with Crippen LogP contribution in [0.5, 0.6) is 0 Å². The van der Waals surface area contributed by atoms with Gasteiger partial charge in [0.15, 0.2) is 5.96 Å². The number of carbonyl (C=O) groups is 1. The van der Waals surface area contributed by atoms with Gasteiger partial charge >= 0.3 is 0 Å². The first-order chi connectivity index (χ1) is 7.59. The van der Waals surface area contributed by atoms with Gasteiger partial charge in [0.05, 0.1) is 0 Å². The summed E-state index contributed by atoms with van der Waals surface area (Å²) in [5.74, 6) is -1.26. The zero-order valence-electron chi connectivity index (χ0n) is 8.56. The molecule has 0 spiro atoms. The lowest BCUT2D eigenvalue weighted by Crippen LogP contribution is -2.24. The van der Waals surface area contributed by atoms with Crippen molar-refractivity contribution in [3.8, 4) is 0 Å². The Hall–Kier alpha value is -1.91. The van der Waals surface area contributed by atoms with Crippen molar-refractivity contribution in [3.05, 3.63) is 35.6 Å². The zero-order valence-corrected chi connectivity index (χ0v) is 8.56. The standard InChI is InChI=1S/C11H12FN3O/c12-9-4-2-1-3-6(9)7-5-8(7)10(16)15-11(13)14/h1-4,7-8H,5H2,(H4,13,14,15,16). The average molecular weight is 221 g/mol. The van der Waals surface area contributed by atoms with Gasteiger partial charge in [0.25, 0.3) is 5.91 Å². The number of halogens is 1. The number of aliphatic imine (C=N–C) groups is 1. The molecule has 4 nitrogen and oxygen atoms in total. The quantitative estimate of drug-likeness (QED) is 0.570. The minimum absolute atomic E-state index is 0.0863. The van der Waals surface area contributed by atoms with Crippen molar-refractivity contribution in [1.29, 1.82) is 0 Å². The number of nitrogens with two attached hydrogens (primary N) is 2. The summed E-state index contributed by atoms with van der Waals surface area (Å²) in [6, 6.07) is 6.44. The smallest absolute Gasteiger partial charge is 0.252 e. The van der Waals surface area contributed by atoms with Gasteiger partial charge in [-0.2, -0.15) is 4.99 Å². The second kappa shape index (κ2) is 3.92. The summed E-state index contributed by atoms with van der Waals surface area (Å²) in [7, 11) is 0. The average Bonchev–Trinajstić information content (AvgIpc) is 2.97. The zero-order chi connectivity index (χ0) is 11.7. The summed E-state index contributed by atoms with van der Waals surface area (Å²) < 4.78 is 13.4. The maximum absolute atomic E-state index is 13.4. The Morgan fingerprint density at radius 3 is 2.69 bits per heavy atom. The van der Waals surface area contributed by atoms with E-state index in [-0.39, 0.29) is 29.5 Å². The van der Waals surface area contributed by atoms with Crippen LogP contribution in [-0.2, 0) is 4.79 Å². The molecule has 2 unspecified atom stereocenters. The molecule has 2 rings (SSSR count). The summed E-state index contributed by atoms with van der Waals surface area (Å²) in [6.45, 7) is 0. The Bertz CT molecular complexity index is 454. The number of benzene rings is 1. The van der Waals surface area contributed by atoms with E-state index in [0.717, 1.165) is 0 Å². The highest BCUT2D eigenvalue weighted by Crippen LogP contribution is 2.48. The van der Waals surface area contributed by atoms with Gasteiger partial charge in [-0.15, -0.1) is 0 Å². The molecule has 0 radical (unpaired) electrons. The molecule has 1 aromatic rings. The Balaban J connectivity index is 2.10. The molecule has 1 aliphatic rings. The first-order valence-corrected chi connectivity index (χ1v) is 4.97. The van der Waals surface area contributed by atoms with E-state index in [2.05, 4.69) is 4.99 Å². The predicted molar refractivity (Wildman–Crippen MR) is 58.1 cm³/mol. The van der Waals surface area contributed by atoms with Crippen LogP contribution in [0.3, 0.4) is 0 Å². The molecular weight excluding hydrogens is 209 g/mol. The molecular formula is C11H12FN3O. The minimum atomic E-state index is -0.367. The predicted octanol–water partition coefficient (Wildman–Crippen LogP) is 0.729. The maximum atomic E-state index is 13.4. The highest BCUT2D eigenvalue weighted by atomic mass is 19.1. The molecule has 0 bridgehead atoms. The first-order valence-electron chi connectivity index (χ1n) is 4.97. The monoisotopic (exact) mass is 221 g/mol. The SMILES string of the molecule is NC(N)=NC(=O)C1CC1c1ccccc1F. The van der Waals surface area contributed by atoms with E-state index in [0.29, 0.717) is 12.0 Å². The molecule has 0 saturated heterocycles. The number of hydrogen-bond acceptors (Lipinski definition) is 1. The van der Waals surface area contributed by atoms with Crippen molar-refractivity contribution < 1.29 is 9.18 Å². The normalized spacial score (nSPS) is 22.6. The number of rotatable bonds is 2. The Labute approximate surface area is 92.2 Å². The molecule has 16 heavy (non-hydrogen) atoms. The summed E-state index contributed by atoms with van der Waals surface area (Å²) in [4.78, 5) is 14.9. The van der Waals surface area contributed by atoms with Crippen LogP contribution in [0, 0.1) is 11.7 Å². The molecule has 4 N–H and O–H groups in total.